The fraction of sp³-hybridized carbons (Fsp3) is 0.158. The van der Waals surface area contributed by atoms with E-state index in [0.29, 0.717) is 12.2 Å². The number of aromatic amines is 1. The van der Waals surface area contributed by atoms with Gasteiger partial charge in [-0.15, -0.1) is 0 Å². The first-order valence-corrected chi connectivity index (χ1v) is 7.73. The second-order valence-electron chi connectivity index (χ2n) is 5.48. The molecule has 0 atom stereocenters. The minimum atomic E-state index is -0.354. The van der Waals surface area contributed by atoms with E-state index >= 15 is 0 Å². The maximum absolute atomic E-state index is 13.1. The minimum absolute atomic E-state index is 0.285. The number of anilines is 2. The maximum atomic E-state index is 13.1. The number of aryl methyl sites for hydroxylation is 1. The predicted octanol–water partition coefficient (Wildman–Crippen LogP) is 4.02. The summed E-state index contributed by atoms with van der Waals surface area (Å²) in [5, 5.41) is 4.13. The lowest BCUT2D eigenvalue weighted by molar-refractivity contribution is -0.354. The van der Waals surface area contributed by atoms with E-state index in [1.807, 2.05) is 19.1 Å². The molecule has 0 aliphatic carbocycles. The van der Waals surface area contributed by atoms with Gasteiger partial charge < -0.3 is 10.1 Å². The number of nitrogens with one attached hydrogen (secondary N) is 2. The van der Waals surface area contributed by atoms with Crippen molar-refractivity contribution in [3.8, 4) is 0 Å². The average Bonchev–Trinajstić information content (AvgIpc) is 2.56. The second kappa shape index (κ2) is 6.66. The summed E-state index contributed by atoms with van der Waals surface area (Å²) in [7, 11) is 0. The van der Waals surface area contributed by atoms with Crippen LogP contribution in [0.4, 0.5) is 15.8 Å². The molecule has 1 heterocycles. The van der Waals surface area contributed by atoms with Gasteiger partial charge in [0.1, 0.15) is 5.82 Å². The van der Waals surface area contributed by atoms with Crippen molar-refractivity contribution >= 4 is 28.2 Å². The van der Waals surface area contributed by atoms with Crippen molar-refractivity contribution in [3.63, 3.8) is 0 Å². The highest BCUT2D eigenvalue weighted by molar-refractivity contribution is 5.98. The highest BCUT2D eigenvalue weighted by Gasteiger charge is 2.14. The van der Waals surface area contributed by atoms with Crippen LogP contribution in [-0.2, 0) is 4.74 Å². The highest BCUT2D eigenvalue weighted by atomic mass is 19.1. The molecule has 0 aliphatic heterocycles. The Bertz CT molecular complexity index is 892. The summed E-state index contributed by atoms with van der Waals surface area (Å²) in [5.74, 6) is -0.639. The number of esters is 1. The monoisotopic (exact) mass is 325 g/mol. The Morgan fingerprint density at radius 3 is 2.62 bits per heavy atom. The number of fused-ring (bicyclic) bond motifs is 1. The number of carbonyl (C=O) groups excluding carboxylic acids is 1. The zero-order valence-corrected chi connectivity index (χ0v) is 13.5. The average molecular weight is 325 g/mol. The lowest BCUT2D eigenvalue weighted by atomic mass is 10.1. The molecule has 122 valence electrons. The predicted molar refractivity (Wildman–Crippen MR) is 90.9 cm³/mol. The minimum Gasteiger partial charge on any atom is -0.462 e. The number of hydrogen-bond donors (Lipinski definition) is 1. The normalized spacial score (nSPS) is 10.6. The van der Waals surface area contributed by atoms with E-state index in [2.05, 4.69) is 10.3 Å². The van der Waals surface area contributed by atoms with Crippen LogP contribution in [0.25, 0.3) is 10.9 Å². The SMILES string of the molecule is CCOC(=O)c1ccc2[nH+]c(C)cc(Nc3ccc(F)cc3)c2c1. The molecule has 0 aliphatic rings. The van der Waals surface area contributed by atoms with Gasteiger partial charge >= 0.3 is 5.97 Å². The molecule has 5 heteroatoms. The Balaban J connectivity index is 2.05. The second-order valence-corrected chi connectivity index (χ2v) is 5.48. The highest BCUT2D eigenvalue weighted by Crippen LogP contribution is 2.26. The first-order valence-electron chi connectivity index (χ1n) is 7.73. The lowest BCUT2D eigenvalue weighted by Gasteiger charge is -2.09. The van der Waals surface area contributed by atoms with Crippen molar-refractivity contribution in [1.82, 2.24) is 0 Å². The molecule has 0 amide bonds. The van der Waals surface area contributed by atoms with Crippen LogP contribution in [0.3, 0.4) is 0 Å². The Labute approximate surface area is 139 Å². The number of rotatable bonds is 4. The van der Waals surface area contributed by atoms with Crippen LogP contribution in [-0.4, -0.2) is 12.6 Å². The third-order valence-corrected chi connectivity index (χ3v) is 3.64. The molecule has 4 nitrogen and oxygen atoms in total. The van der Waals surface area contributed by atoms with Crippen molar-refractivity contribution in [2.24, 2.45) is 0 Å². The third kappa shape index (κ3) is 3.35. The van der Waals surface area contributed by atoms with E-state index in [9.17, 15) is 9.18 Å². The summed E-state index contributed by atoms with van der Waals surface area (Å²) in [4.78, 5) is 15.2. The lowest BCUT2D eigenvalue weighted by Crippen LogP contribution is -2.11. The molecule has 3 rings (SSSR count). The van der Waals surface area contributed by atoms with Crippen LogP contribution in [0.1, 0.15) is 23.0 Å². The number of aromatic nitrogens is 1. The molecule has 0 radical (unpaired) electrons. The van der Waals surface area contributed by atoms with Crippen LogP contribution in [0, 0.1) is 12.7 Å². The van der Waals surface area contributed by atoms with Crippen LogP contribution in [0.5, 0.6) is 0 Å². The zero-order chi connectivity index (χ0) is 17.1. The van der Waals surface area contributed by atoms with E-state index in [0.717, 1.165) is 28.0 Å². The number of pyridine rings is 1. The smallest absolute Gasteiger partial charge is 0.338 e. The Kier molecular flexibility index (Phi) is 4.42. The Morgan fingerprint density at radius 2 is 1.92 bits per heavy atom. The number of ether oxygens (including phenoxy) is 1. The summed E-state index contributed by atoms with van der Waals surface area (Å²) in [6.07, 6.45) is 0. The molecule has 2 aromatic carbocycles. The fourth-order valence-electron chi connectivity index (χ4n) is 2.55. The fourth-order valence-corrected chi connectivity index (χ4v) is 2.55. The standard InChI is InChI=1S/C19H17FN2O2/c1-3-24-19(23)13-4-9-17-16(11-13)18(10-12(2)21-17)22-15-7-5-14(20)6-8-15/h4-11H,3H2,1-2H3,(H,21,22)/p+1. The van der Waals surface area contributed by atoms with Crippen molar-refractivity contribution in [3.05, 3.63) is 65.6 Å². The van der Waals surface area contributed by atoms with E-state index in [1.54, 1.807) is 31.2 Å². The molecule has 24 heavy (non-hydrogen) atoms. The third-order valence-electron chi connectivity index (χ3n) is 3.64. The molecule has 0 saturated carbocycles. The molecule has 2 N–H and O–H groups in total. The van der Waals surface area contributed by atoms with Gasteiger partial charge in [-0.05, 0) is 43.3 Å². The van der Waals surface area contributed by atoms with E-state index in [1.165, 1.54) is 12.1 Å². The van der Waals surface area contributed by atoms with Gasteiger partial charge in [0.05, 0.1) is 23.2 Å². The van der Waals surface area contributed by atoms with Crippen molar-refractivity contribution in [1.29, 1.82) is 0 Å². The summed E-state index contributed by atoms with van der Waals surface area (Å²) < 4.78 is 18.1. The van der Waals surface area contributed by atoms with Crippen molar-refractivity contribution < 1.29 is 18.9 Å². The van der Waals surface area contributed by atoms with E-state index in [4.69, 9.17) is 4.74 Å². The van der Waals surface area contributed by atoms with Gasteiger partial charge in [0, 0.05) is 24.7 Å². The molecular weight excluding hydrogens is 307 g/mol. The van der Waals surface area contributed by atoms with E-state index in [-0.39, 0.29) is 11.8 Å². The summed E-state index contributed by atoms with van der Waals surface area (Å²) in [6, 6.07) is 13.5. The Hall–Kier alpha value is -2.95. The topological polar surface area (TPSA) is 52.5 Å². The number of H-pyrrole nitrogens is 1. The van der Waals surface area contributed by atoms with E-state index < -0.39 is 0 Å². The molecule has 0 saturated heterocycles. The van der Waals surface area contributed by atoms with Crippen LogP contribution >= 0.6 is 0 Å². The summed E-state index contributed by atoms with van der Waals surface area (Å²) >= 11 is 0. The van der Waals surface area contributed by atoms with Crippen LogP contribution in [0.15, 0.2) is 48.5 Å². The number of halogens is 1. The first kappa shape index (κ1) is 15.9. The van der Waals surface area contributed by atoms with Gasteiger partial charge in [0.15, 0.2) is 5.69 Å². The van der Waals surface area contributed by atoms with Crippen molar-refractivity contribution in [2.75, 3.05) is 11.9 Å². The molecular formula is C19H18FN2O2+. The summed E-state index contributed by atoms with van der Waals surface area (Å²) in [5.41, 5.74) is 3.95. The van der Waals surface area contributed by atoms with Gasteiger partial charge in [-0.1, -0.05) is 0 Å². The molecule has 0 unspecified atom stereocenters. The van der Waals surface area contributed by atoms with Crippen LogP contribution in [0.2, 0.25) is 0 Å². The summed E-state index contributed by atoms with van der Waals surface area (Å²) in [6.45, 7) is 4.06. The van der Waals surface area contributed by atoms with Gasteiger partial charge in [-0.3, -0.25) is 0 Å². The number of hydrogen-bond acceptors (Lipinski definition) is 3. The number of carbonyl (C=O) groups is 1. The van der Waals surface area contributed by atoms with Crippen LogP contribution < -0.4 is 10.3 Å². The van der Waals surface area contributed by atoms with Gasteiger partial charge in [-0.25, -0.2) is 14.2 Å². The molecule has 0 fully saturated rings. The quantitative estimate of drug-likeness (QED) is 0.737. The largest absolute Gasteiger partial charge is 0.462 e. The maximum Gasteiger partial charge on any atom is 0.338 e. The zero-order valence-electron chi connectivity index (χ0n) is 13.5. The molecule has 1 aromatic heterocycles. The molecule has 3 aromatic rings. The van der Waals surface area contributed by atoms with Crippen molar-refractivity contribution in [2.45, 2.75) is 13.8 Å². The Morgan fingerprint density at radius 1 is 1.17 bits per heavy atom. The van der Waals surface area contributed by atoms with Gasteiger partial charge in [-0.2, -0.15) is 0 Å². The number of benzene rings is 2. The van der Waals surface area contributed by atoms with Gasteiger partial charge in [0.25, 0.3) is 0 Å². The molecule has 0 bridgehead atoms. The molecule has 0 spiro atoms. The van der Waals surface area contributed by atoms with Gasteiger partial charge in [0.2, 0.25) is 5.52 Å². The first-order chi connectivity index (χ1) is 11.6.